The molecule has 8 rings (SSSR count). The Balaban J connectivity index is 0.000000211. The van der Waals surface area contributed by atoms with Gasteiger partial charge in [0.25, 0.3) is 0 Å². The second-order valence-electron chi connectivity index (χ2n) is 13.7. The third-order valence-corrected chi connectivity index (χ3v) is 9.07. The maximum Gasteiger partial charge on any atom is 0.762 e. The first-order chi connectivity index (χ1) is 31.0. The average Bonchev–Trinajstić information content (AvgIpc) is 3.92. The number of pyridine rings is 4. The van der Waals surface area contributed by atoms with Crippen LogP contribution in [0.4, 0.5) is 12.9 Å². The van der Waals surface area contributed by atoms with Gasteiger partial charge in [-0.3, -0.25) is 42.2 Å². The van der Waals surface area contributed by atoms with E-state index in [0.717, 1.165) is 84.2 Å². The lowest BCUT2D eigenvalue weighted by Crippen LogP contribution is -2.01. The van der Waals surface area contributed by atoms with Crippen LogP contribution in [0.1, 0.15) is 11.1 Å². The molecule has 0 aliphatic rings. The fourth-order valence-electron chi connectivity index (χ4n) is 6.62. The predicted octanol–water partition coefficient (Wildman–Crippen LogP) is 10.6. The van der Waals surface area contributed by atoms with Crippen LogP contribution in [-0.4, -0.2) is 71.8 Å². The Bertz CT molecular complexity index is 2830. The minimum atomic E-state index is -3.67. The highest BCUT2D eigenvalue weighted by Crippen LogP contribution is 2.37. The highest BCUT2D eigenvalue weighted by molar-refractivity contribution is 7.97. The number of nitriles is 2. The minimum Gasteiger partial charge on any atom is -0.508 e. The summed E-state index contributed by atoms with van der Waals surface area (Å²) in [6.07, 6.45) is 18.2. The molecular formula is C47H42BF3N10O2S. The van der Waals surface area contributed by atoms with Gasteiger partial charge < -0.3 is 9.84 Å². The van der Waals surface area contributed by atoms with Gasteiger partial charge in [0.15, 0.2) is 0 Å². The van der Waals surface area contributed by atoms with E-state index >= 15 is 0 Å². The molecule has 0 atom stereocenters. The summed E-state index contributed by atoms with van der Waals surface area (Å²) < 4.78 is 37.8. The van der Waals surface area contributed by atoms with Gasteiger partial charge in [0.2, 0.25) is 0 Å². The first kappa shape index (κ1) is 47.3. The largest absolute Gasteiger partial charge is 0.762 e. The molecule has 0 unspecified atom stereocenters. The Hall–Kier alpha value is -7.76. The number of ether oxygens (including phenoxy) is 1. The molecule has 0 fully saturated rings. The summed E-state index contributed by atoms with van der Waals surface area (Å²) in [6.45, 7) is 4.21. The number of aromatic hydroxyl groups is 1. The summed E-state index contributed by atoms with van der Waals surface area (Å²) in [4.78, 5) is 17.3. The number of benzene rings is 2. The maximum atomic E-state index is 10.1. The van der Waals surface area contributed by atoms with Crippen LogP contribution in [-0.2, 0) is 13.1 Å². The Morgan fingerprint density at radius 3 is 1.48 bits per heavy atom. The average molecular weight is 879 g/mol. The molecule has 0 saturated carbocycles. The molecule has 0 spiro atoms. The van der Waals surface area contributed by atoms with Crippen molar-refractivity contribution in [1.82, 2.24) is 39.5 Å². The molecule has 0 saturated heterocycles. The van der Waals surface area contributed by atoms with Crippen LogP contribution in [0.5, 0.6) is 11.5 Å². The zero-order valence-corrected chi connectivity index (χ0v) is 36.4. The first-order valence-electron chi connectivity index (χ1n) is 19.4. The van der Waals surface area contributed by atoms with E-state index in [-0.39, 0.29) is 18.8 Å². The van der Waals surface area contributed by atoms with E-state index < -0.39 is 7.54 Å². The first-order valence-corrected chi connectivity index (χ1v) is 21.0. The number of methoxy groups -OCH3 is 1. The molecule has 0 radical (unpaired) electrons. The number of thioether (sulfide) groups is 1. The van der Waals surface area contributed by atoms with Crippen LogP contribution in [0, 0.1) is 36.5 Å². The van der Waals surface area contributed by atoms with Gasteiger partial charge in [-0.1, -0.05) is 0 Å². The van der Waals surface area contributed by atoms with Crippen molar-refractivity contribution in [3.8, 4) is 90.9 Å². The molecule has 12 nitrogen and oxygen atoms in total. The summed E-state index contributed by atoms with van der Waals surface area (Å²) in [6, 6.07) is 31.2. The highest BCUT2D eigenvalue weighted by atomic mass is 32.2. The Morgan fingerprint density at radius 1 is 0.625 bits per heavy atom. The van der Waals surface area contributed by atoms with Crippen LogP contribution < -0.4 is 4.74 Å². The van der Waals surface area contributed by atoms with Crippen molar-refractivity contribution in [2.75, 3.05) is 19.6 Å². The summed E-state index contributed by atoms with van der Waals surface area (Å²) in [5.41, 5.74) is 12.6. The summed E-state index contributed by atoms with van der Waals surface area (Å²) in [7, 11) is -2.02. The van der Waals surface area contributed by atoms with E-state index in [1.54, 1.807) is 89.9 Å². The van der Waals surface area contributed by atoms with Gasteiger partial charge in [-0.2, -0.15) is 32.5 Å². The van der Waals surface area contributed by atoms with E-state index in [4.69, 9.17) is 4.74 Å². The SMILES string of the molecule is COc1cc(C)cc(-c2c(-c3ccnc(-c4cccnc4)c3)cnn2CC#N)c1.CSC.Cc1cc(O)cc(-c2c(-c3ccnc(-c4cccnc4)c3)cnn2CC#N)c1.FB(F)F. The molecule has 322 valence electrons. The number of phenols is 1. The molecule has 0 bridgehead atoms. The van der Waals surface area contributed by atoms with Crippen LogP contribution >= 0.6 is 11.8 Å². The van der Waals surface area contributed by atoms with Crippen molar-refractivity contribution >= 4 is 19.3 Å². The zero-order chi connectivity index (χ0) is 46.0. The Morgan fingerprint density at radius 2 is 1.08 bits per heavy atom. The lowest BCUT2D eigenvalue weighted by molar-refractivity contribution is 0.414. The van der Waals surface area contributed by atoms with Gasteiger partial charge >= 0.3 is 7.54 Å². The van der Waals surface area contributed by atoms with E-state index in [9.17, 15) is 28.6 Å². The molecule has 17 heteroatoms. The molecule has 0 aliphatic carbocycles. The van der Waals surface area contributed by atoms with Crippen molar-refractivity contribution in [3.63, 3.8) is 0 Å². The van der Waals surface area contributed by atoms with Gasteiger partial charge in [0.1, 0.15) is 24.6 Å². The minimum absolute atomic E-state index is 0.116. The number of aryl methyl sites for hydroxylation is 2. The monoisotopic (exact) mass is 878 g/mol. The molecule has 6 aromatic heterocycles. The van der Waals surface area contributed by atoms with Crippen molar-refractivity contribution in [2.45, 2.75) is 26.9 Å². The molecule has 2 aromatic carbocycles. The quantitative estimate of drug-likeness (QED) is 0.137. The molecule has 8 aromatic rings. The van der Waals surface area contributed by atoms with Crippen molar-refractivity contribution < 1.29 is 22.8 Å². The molecule has 6 heterocycles. The molecule has 64 heavy (non-hydrogen) atoms. The second-order valence-corrected chi connectivity index (χ2v) is 14.6. The number of nitrogens with zero attached hydrogens (tertiary/aromatic N) is 10. The summed E-state index contributed by atoms with van der Waals surface area (Å²) >= 11 is 1.75. The fraction of sp³-hybridized carbons (Fsp3) is 0.149. The van der Waals surface area contributed by atoms with Crippen molar-refractivity contribution in [2.24, 2.45) is 0 Å². The van der Waals surface area contributed by atoms with Gasteiger partial charge in [-0.05, 0) is 134 Å². The molecule has 0 aliphatic heterocycles. The highest BCUT2D eigenvalue weighted by Gasteiger charge is 2.19. The smallest absolute Gasteiger partial charge is 0.508 e. The summed E-state index contributed by atoms with van der Waals surface area (Å²) in [5.74, 6) is 0.942. The van der Waals surface area contributed by atoms with Crippen LogP contribution in [0.2, 0.25) is 0 Å². The topological polar surface area (TPSA) is 164 Å². The van der Waals surface area contributed by atoms with Gasteiger partial charge in [-0.25, -0.2) is 0 Å². The summed E-state index contributed by atoms with van der Waals surface area (Å²) in [5, 5.41) is 37.4. The molecule has 0 amide bonds. The van der Waals surface area contributed by atoms with Gasteiger partial charge in [-0.15, -0.1) is 0 Å². The predicted molar refractivity (Wildman–Crippen MR) is 246 cm³/mol. The number of rotatable bonds is 9. The number of hydrogen-bond donors (Lipinski definition) is 1. The van der Waals surface area contributed by atoms with E-state index in [1.807, 2.05) is 93.1 Å². The lowest BCUT2D eigenvalue weighted by atomic mass is 9.99. The van der Waals surface area contributed by atoms with Crippen molar-refractivity contribution in [3.05, 3.63) is 146 Å². The second kappa shape index (κ2) is 23.5. The number of hydrogen-bond acceptors (Lipinski definition) is 11. The Kier molecular flexibility index (Phi) is 17.3. The number of halogens is 3. The fourth-order valence-corrected chi connectivity index (χ4v) is 6.62. The van der Waals surface area contributed by atoms with Crippen LogP contribution in [0.3, 0.4) is 0 Å². The van der Waals surface area contributed by atoms with E-state index in [0.29, 0.717) is 0 Å². The van der Waals surface area contributed by atoms with Gasteiger partial charge in [0, 0.05) is 70.6 Å². The zero-order valence-electron chi connectivity index (χ0n) is 35.6. The Labute approximate surface area is 374 Å². The number of phenolic OH excluding ortho intramolecular Hbond substituents is 1. The third kappa shape index (κ3) is 12.7. The van der Waals surface area contributed by atoms with E-state index in [2.05, 4.69) is 48.3 Å². The normalized spacial score (nSPS) is 10.1. The lowest BCUT2D eigenvalue weighted by Gasteiger charge is -2.11. The van der Waals surface area contributed by atoms with Crippen LogP contribution in [0.15, 0.2) is 135 Å². The van der Waals surface area contributed by atoms with E-state index in [1.165, 1.54) is 0 Å². The van der Waals surface area contributed by atoms with Crippen molar-refractivity contribution in [1.29, 1.82) is 10.5 Å². The molecule has 1 N–H and O–H groups in total. The standard InChI is InChI=1S/C23H19N5O.C22H17N5O.C2H6S.BF3/c1-16-10-19(12-20(11-16)29-2)23-21(15-27-28(23)9-6-24)17-5-8-26-22(13-17)18-4-3-7-25-14-18;1-15-9-18(11-19(28)10-15)22-20(14-26-27(22)8-5-23)16-4-7-25-21(12-16)17-3-2-6-24-13-17;1-3-2;2-1(3)4/h3-5,7-8,10-15H,9H2,1-2H3;2-4,6-7,9-14,28H,8H2,1H3;1-2H3;. The third-order valence-electron chi connectivity index (χ3n) is 9.07. The number of aromatic nitrogens is 8. The molecular weight excluding hydrogens is 836 g/mol. The maximum absolute atomic E-state index is 10.1. The van der Waals surface area contributed by atoms with Gasteiger partial charge in [0.05, 0.1) is 54.4 Å². The van der Waals surface area contributed by atoms with Crippen LogP contribution in [0.25, 0.3) is 67.3 Å².